The number of aryl methyl sites for hydroxylation is 2. The first-order valence-electron chi connectivity index (χ1n) is 6.52. The number of ether oxygens (including phenoxy) is 1. The van der Waals surface area contributed by atoms with E-state index in [0.29, 0.717) is 12.0 Å². The summed E-state index contributed by atoms with van der Waals surface area (Å²) in [5.74, 6) is -2.06. The van der Waals surface area contributed by atoms with Gasteiger partial charge in [-0.15, -0.1) is 13.2 Å². The van der Waals surface area contributed by atoms with Crippen LogP contribution in [-0.2, 0) is 13.0 Å². The molecule has 0 unspecified atom stereocenters. The van der Waals surface area contributed by atoms with E-state index in [-0.39, 0.29) is 18.1 Å². The number of rotatable bonds is 6. The van der Waals surface area contributed by atoms with E-state index in [1.54, 1.807) is 0 Å². The maximum Gasteiger partial charge on any atom is 0.573 e. The lowest BCUT2D eigenvalue weighted by molar-refractivity contribution is -0.389. The third kappa shape index (κ3) is 4.44. The lowest BCUT2D eigenvalue weighted by Crippen LogP contribution is -2.18. The Morgan fingerprint density at radius 1 is 1.33 bits per heavy atom. The second-order valence-electron chi connectivity index (χ2n) is 4.68. The Bertz CT molecular complexity index is 756. The number of halogens is 3. The van der Waals surface area contributed by atoms with Crippen molar-refractivity contribution < 1.29 is 27.6 Å². The minimum Gasteiger partial charge on any atom is -0.406 e. The summed E-state index contributed by atoms with van der Waals surface area (Å²) in [5.41, 5.74) is 5.74. The van der Waals surface area contributed by atoms with Crippen LogP contribution < -0.4 is 10.5 Å². The molecule has 0 spiro atoms. The maximum atomic E-state index is 12.1. The van der Waals surface area contributed by atoms with Crippen molar-refractivity contribution in [1.29, 1.82) is 0 Å². The molecule has 1 aromatic heterocycles. The summed E-state index contributed by atoms with van der Waals surface area (Å²) in [7, 11) is 0. The molecule has 1 heterocycles. The Kier molecular flexibility index (Phi) is 4.71. The first-order valence-corrected chi connectivity index (χ1v) is 6.52. The van der Waals surface area contributed by atoms with Crippen molar-refractivity contribution in [3.05, 3.63) is 52.0 Å². The number of aromatic nitrogens is 2. The molecule has 0 aliphatic heterocycles. The van der Waals surface area contributed by atoms with Crippen molar-refractivity contribution in [3.63, 3.8) is 0 Å². The summed E-state index contributed by atoms with van der Waals surface area (Å²) < 4.78 is 41.2. The summed E-state index contributed by atoms with van der Waals surface area (Å²) in [4.78, 5) is 24.7. The molecule has 0 aliphatic rings. The highest BCUT2D eigenvalue weighted by atomic mass is 19.4. The average Bonchev–Trinajstić information content (AvgIpc) is 2.89. The van der Waals surface area contributed by atoms with Crippen molar-refractivity contribution in [2.75, 3.05) is 0 Å². The number of imidazole rings is 1. The molecule has 0 radical (unpaired) electrons. The Balaban J connectivity index is 2.08. The zero-order valence-corrected chi connectivity index (χ0v) is 12.0. The van der Waals surface area contributed by atoms with Crippen molar-refractivity contribution in [1.82, 2.24) is 9.55 Å². The normalized spacial score (nSPS) is 11.3. The van der Waals surface area contributed by atoms with Crippen LogP contribution in [0.15, 0.2) is 30.5 Å². The number of hydrogen-bond acceptors (Lipinski definition) is 5. The summed E-state index contributed by atoms with van der Waals surface area (Å²) in [6, 6.07) is 5.12. The highest BCUT2D eigenvalue weighted by molar-refractivity contribution is 5.89. The molecule has 1 amide bonds. The quantitative estimate of drug-likeness (QED) is 0.636. The molecule has 0 aliphatic carbocycles. The van der Waals surface area contributed by atoms with Gasteiger partial charge in [0.05, 0.1) is 0 Å². The van der Waals surface area contributed by atoms with Gasteiger partial charge in [0.1, 0.15) is 11.9 Å². The van der Waals surface area contributed by atoms with E-state index in [0.717, 1.165) is 18.3 Å². The average molecular weight is 344 g/mol. The van der Waals surface area contributed by atoms with Gasteiger partial charge in [0.2, 0.25) is 0 Å². The van der Waals surface area contributed by atoms with Gasteiger partial charge in [-0.05, 0) is 34.0 Å². The molecule has 11 heteroatoms. The molecule has 2 rings (SSSR count). The summed E-state index contributed by atoms with van der Waals surface area (Å²) in [5, 5.41) is 10.7. The van der Waals surface area contributed by atoms with Gasteiger partial charge in [0.15, 0.2) is 0 Å². The van der Waals surface area contributed by atoms with Gasteiger partial charge in [-0.2, -0.15) is 0 Å². The molecule has 0 bridgehead atoms. The number of carbonyl (C=O) groups is 1. The number of primary amides is 1. The van der Waals surface area contributed by atoms with Crippen molar-refractivity contribution in [2.24, 2.45) is 5.73 Å². The molecular weight excluding hydrogens is 333 g/mol. The van der Waals surface area contributed by atoms with Crippen LogP contribution in [-0.4, -0.2) is 26.7 Å². The van der Waals surface area contributed by atoms with Gasteiger partial charge in [-0.1, -0.05) is 12.1 Å². The van der Waals surface area contributed by atoms with E-state index in [2.05, 4.69) is 9.72 Å². The van der Waals surface area contributed by atoms with E-state index in [4.69, 9.17) is 5.73 Å². The maximum absolute atomic E-state index is 12.1. The van der Waals surface area contributed by atoms with Gasteiger partial charge in [-0.3, -0.25) is 9.36 Å². The van der Waals surface area contributed by atoms with Gasteiger partial charge in [-0.25, -0.2) is 0 Å². The lowest BCUT2D eigenvalue weighted by Gasteiger charge is -2.09. The predicted molar refractivity (Wildman–Crippen MR) is 74.2 cm³/mol. The second kappa shape index (κ2) is 6.56. The van der Waals surface area contributed by atoms with Gasteiger partial charge >= 0.3 is 23.9 Å². The second-order valence-corrected chi connectivity index (χ2v) is 4.68. The van der Waals surface area contributed by atoms with Crippen LogP contribution in [0.25, 0.3) is 0 Å². The monoisotopic (exact) mass is 344 g/mol. The van der Waals surface area contributed by atoms with Crippen LogP contribution in [0.5, 0.6) is 5.75 Å². The van der Waals surface area contributed by atoms with Gasteiger partial charge in [0.25, 0.3) is 0 Å². The van der Waals surface area contributed by atoms with Crippen LogP contribution in [0.1, 0.15) is 16.2 Å². The smallest absolute Gasteiger partial charge is 0.406 e. The first-order chi connectivity index (χ1) is 11.2. The zero-order chi connectivity index (χ0) is 17.9. The third-order valence-electron chi connectivity index (χ3n) is 2.97. The minimum absolute atomic E-state index is 0.137. The SMILES string of the molecule is NC(=O)c1nc([N+](=O)[O-])cn1CCc1ccc(OC(F)(F)F)cc1. The van der Waals surface area contributed by atoms with E-state index in [1.807, 2.05) is 0 Å². The van der Waals surface area contributed by atoms with Crippen LogP contribution in [0.2, 0.25) is 0 Å². The van der Waals surface area contributed by atoms with Crippen molar-refractivity contribution in [2.45, 2.75) is 19.3 Å². The Morgan fingerprint density at radius 3 is 2.46 bits per heavy atom. The molecule has 1 aromatic carbocycles. The summed E-state index contributed by atoms with van der Waals surface area (Å²) >= 11 is 0. The molecule has 0 atom stereocenters. The van der Waals surface area contributed by atoms with E-state index < -0.39 is 23.0 Å². The van der Waals surface area contributed by atoms with E-state index in [9.17, 15) is 28.1 Å². The number of nitrogens with two attached hydrogens (primary N) is 1. The largest absolute Gasteiger partial charge is 0.573 e. The molecule has 0 fully saturated rings. The fourth-order valence-corrected chi connectivity index (χ4v) is 1.96. The number of alkyl halides is 3. The number of carbonyl (C=O) groups excluding carboxylic acids is 1. The highest BCUT2D eigenvalue weighted by Gasteiger charge is 2.31. The van der Waals surface area contributed by atoms with Crippen LogP contribution in [0, 0.1) is 10.1 Å². The van der Waals surface area contributed by atoms with Gasteiger partial charge < -0.3 is 20.6 Å². The molecule has 0 saturated heterocycles. The molecule has 128 valence electrons. The first kappa shape index (κ1) is 17.2. The zero-order valence-electron chi connectivity index (χ0n) is 12.0. The predicted octanol–water partition coefficient (Wildman–Crippen LogP) is 2.03. The van der Waals surface area contributed by atoms with E-state index in [1.165, 1.54) is 16.7 Å². The Morgan fingerprint density at radius 2 is 1.96 bits per heavy atom. The topological polar surface area (TPSA) is 113 Å². The van der Waals surface area contributed by atoms with Crippen molar-refractivity contribution >= 4 is 11.7 Å². The van der Waals surface area contributed by atoms with Crippen LogP contribution in [0.4, 0.5) is 19.0 Å². The lowest BCUT2D eigenvalue weighted by atomic mass is 10.1. The minimum atomic E-state index is -4.77. The molecule has 2 N–H and O–H groups in total. The third-order valence-corrected chi connectivity index (χ3v) is 2.97. The van der Waals surface area contributed by atoms with Crippen molar-refractivity contribution in [3.8, 4) is 5.75 Å². The number of amides is 1. The molecule has 0 saturated carbocycles. The Hall–Kier alpha value is -3.11. The summed E-state index contributed by atoms with van der Waals surface area (Å²) in [6.07, 6.45) is -3.41. The standard InChI is InChI=1S/C13H11F3N4O4/c14-13(15,16)24-9-3-1-8(2-4-9)5-6-19-7-10(20(22)23)18-12(19)11(17)21/h1-4,7H,5-6H2,(H2,17,21). The number of benzene rings is 1. The van der Waals surface area contributed by atoms with Crippen LogP contribution in [0.3, 0.4) is 0 Å². The fraction of sp³-hybridized carbons (Fsp3) is 0.231. The molecular formula is C13H11F3N4O4. The molecule has 8 nitrogen and oxygen atoms in total. The molecule has 24 heavy (non-hydrogen) atoms. The number of hydrogen-bond donors (Lipinski definition) is 1. The van der Waals surface area contributed by atoms with Gasteiger partial charge in [0, 0.05) is 6.54 Å². The highest BCUT2D eigenvalue weighted by Crippen LogP contribution is 2.23. The summed E-state index contributed by atoms with van der Waals surface area (Å²) in [6.45, 7) is 0.137. The number of nitrogens with zero attached hydrogens (tertiary/aromatic N) is 3. The number of nitro groups is 1. The Labute approximate surface area is 132 Å². The van der Waals surface area contributed by atoms with E-state index >= 15 is 0 Å². The fourth-order valence-electron chi connectivity index (χ4n) is 1.96. The molecule has 2 aromatic rings. The van der Waals surface area contributed by atoms with Crippen LogP contribution >= 0.6 is 0 Å².